The van der Waals surface area contributed by atoms with Crippen LogP contribution < -0.4 is 4.74 Å². The molecule has 1 aromatic rings. The lowest BCUT2D eigenvalue weighted by molar-refractivity contribution is -0.145. The number of carbonyl (C=O) groups is 2. The number of carboxylic acid groups (broad SMARTS) is 1. The first kappa shape index (κ1) is 9.18. The van der Waals surface area contributed by atoms with Crippen molar-refractivity contribution in [1.82, 2.24) is 4.98 Å². The van der Waals surface area contributed by atoms with Crippen molar-refractivity contribution in [1.29, 1.82) is 0 Å². The minimum atomic E-state index is -1.22. The van der Waals surface area contributed by atoms with Gasteiger partial charge in [-0.05, 0) is 6.07 Å². The van der Waals surface area contributed by atoms with E-state index in [0.717, 1.165) is 0 Å². The first-order chi connectivity index (χ1) is 6.18. The van der Waals surface area contributed by atoms with Crippen LogP contribution in [0.1, 0.15) is 6.42 Å². The van der Waals surface area contributed by atoms with Crippen LogP contribution in [0, 0.1) is 0 Å². The van der Waals surface area contributed by atoms with Gasteiger partial charge in [-0.3, -0.25) is 9.59 Å². The molecule has 0 fully saturated rings. The molecule has 1 aromatic heterocycles. The molecule has 0 unspecified atom stereocenters. The molecule has 1 heterocycles. The molecule has 13 heavy (non-hydrogen) atoms. The van der Waals surface area contributed by atoms with Crippen LogP contribution in [0.15, 0.2) is 24.4 Å². The number of ether oxygens (including phenoxy) is 1. The highest BCUT2D eigenvalue weighted by molar-refractivity contribution is 5.90. The molecular formula is C8H7NO4. The van der Waals surface area contributed by atoms with Gasteiger partial charge in [-0.25, -0.2) is 4.98 Å². The molecule has 5 nitrogen and oxygen atoms in total. The number of aromatic nitrogens is 1. The lowest BCUT2D eigenvalue weighted by Gasteiger charge is -1.99. The molecule has 0 aliphatic rings. The number of rotatable bonds is 3. The SMILES string of the molecule is O=C(O)CC(=O)Oc1ccccn1. The predicted octanol–water partition coefficient (Wildman–Crippen LogP) is 0.462. The Labute approximate surface area is 74.0 Å². The van der Waals surface area contributed by atoms with Crippen LogP contribution in [0.3, 0.4) is 0 Å². The largest absolute Gasteiger partial charge is 0.481 e. The summed E-state index contributed by atoms with van der Waals surface area (Å²) in [5.74, 6) is -1.94. The minimum absolute atomic E-state index is 0.105. The summed E-state index contributed by atoms with van der Waals surface area (Å²) >= 11 is 0. The molecule has 0 aliphatic carbocycles. The minimum Gasteiger partial charge on any atom is -0.481 e. The van der Waals surface area contributed by atoms with Crippen LogP contribution >= 0.6 is 0 Å². The Kier molecular flexibility index (Phi) is 2.97. The maximum atomic E-state index is 10.8. The van der Waals surface area contributed by atoms with Gasteiger partial charge in [0, 0.05) is 12.3 Å². The van der Waals surface area contributed by atoms with E-state index in [2.05, 4.69) is 9.72 Å². The Bertz CT molecular complexity index is 309. The van der Waals surface area contributed by atoms with E-state index in [9.17, 15) is 9.59 Å². The summed E-state index contributed by atoms with van der Waals surface area (Å²) in [5.41, 5.74) is 0. The number of aliphatic carboxylic acids is 1. The molecule has 0 aromatic carbocycles. The Balaban J connectivity index is 2.50. The zero-order valence-electron chi connectivity index (χ0n) is 6.64. The van der Waals surface area contributed by atoms with E-state index in [1.807, 2.05) is 0 Å². The fourth-order valence-corrected chi connectivity index (χ4v) is 0.684. The van der Waals surface area contributed by atoms with Crippen molar-refractivity contribution < 1.29 is 19.4 Å². The molecule has 0 amide bonds. The van der Waals surface area contributed by atoms with Crippen LogP contribution in [0.2, 0.25) is 0 Å². The predicted molar refractivity (Wildman–Crippen MR) is 42.1 cm³/mol. The van der Waals surface area contributed by atoms with Gasteiger partial charge < -0.3 is 9.84 Å². The van der Waals surface area contributed by atoms with Gasteiger partial charge in [0.15, 0.2) is 0 Å². The van der Waals surface area contributed by atoms with Crippen LogP contribution in [-0.4, -0.2) is 22.0 Å². The van der Waals surface area contributed by atoms with E-state index in [0.29, 0.717) is 0 Å². The number of hydrogen-bond donors (Lipinski definition) is 1. The number of nitrogens with zero attached hydrogens (tertiary/aromatic N) is 1. The molecule has 0 radical (unpaired) electrons. The second kappa shape index (κ2) is 4.20. The standard InChI is InChI=1S/C8H7NO4/c10-7(11)5-8(12)13-6-3-1-2-4-9-6/h1-4H,5H2,(H,10,11). The maximum Gasteiger partial charge on any atom is 0.323 e. The summed E-state index contributed by atoms with van der Waals surface area (Å²) in [6, 6.07) is 4.77. The fraction of sp³-hybridized carbons (Fsp3) is 0.125. The molecule has 0 saturated heterocycles. The van der Waals surface area contributed by atoms with Crippen molar-refractivity contribution in [2.45, 2.75) is 6.42 Å². The van der Waals surface area contributed by atoms with E-state index < -0.39 is 18.4 Å². The number of carbonyl (C=O) groups excluding carboxylic acids is 1. The van der Waals surface area contributed by atoms with E-state index in [-0.39, 0.29) is 5.88 Å². The average molecular weight is 181 g/mol. The first-order valence-corrected chi connectivity index (χ1v) is 3.52. The fourth-order valence-electron chi connectivity index (χ4n) is 0.684. The van der Waals surface area contributed by atoms with Crippen molar-refractivity contribution in [3.63, 3.8) is 0 Å². The normalized spacial score (nSPS) is 9.23. The van der Waals surface area contributed by atoms with Gasteiger partial charge in [-0.15, -0.1) is 0 Å². The van der Waals surface area contributed by atoms with Gasteiger partial charge in [0.2, 0.25) is 5.88 Å². The van der Waals surface area contributed by atoms with Crippen molar-refractivity contribution >= 4 is 11.9 Å². The van der Waals surface area contributed by atoms with Crippen molar-refractivity contribution in [2.24, 2.45) is 0 Å². The lowest BCUT2D eigenvalue weighted by atomic mass is 10.4. The molecular weight excluding hydrogens is 174 g/mol. The van der Waals surface area contributed by atoms with Crippen LogP contribution in [0.4, 0.5) is 0 Å². The maximum absolute atomic E-state index is 10.8. The topological polar surface area (TPSA) is 76.5 Å². The summed E-state index contributed by atoms with van der Waals surface area (Å²) in [4.78, 5) is 24.5. The molecule has 0 saturated carbocycles. The zero-order valence-corrected chi connectivity index (χ0v) is 6.64. The third-order valence-corrected chi connectivity index (χ3v) is 1.15. The van der Waals surface area contributed by atoms with Gasteiger partial charge in [0.25, 0.3) is 0 Å². The molecule has 1 rings (SSSR count). The van der Waals surface area contributed by atoms with Gasteiger partial charge in [-0.2, -0.15) is 0 Å². The quantitative estimate of drug-likeness (QED) is 0.541. The van der Waals surface area contributed by atoms with Gasteiger partial charge in [0.1, 0.15) is 6.42 Å². The Morgan fingerprint density at radius 2 is 2.23 bits per heavy atom. The molecule has 0 aliphatic heterocycles. The molecule has 68 valence electrons. The summed E-state index contributed by atoms with van der Waals surface area (Å²) in [7, 11) is 0. The monoisotopic (exact) mass is 181 g/mol. The molecule has 5 heteroatoms. The molecule has 0 spiro atoms. The van der Waals surface area contributed by atoms with Crippen molar-refractivity contribution in [3.8, 4) is 5.88 Å². The van der Waals surface area contributed by atoms with Crippen molar-refractivity contribution in [2.75, 3.05) is 0 Å². The Hall–Kier alpha value is -1.91. The van der Waals surface area contributed by atoms with Gasteiger partial charge in [0.05, 0.1) is 0 Å². The Morgan fingerprint density at radius 3 is 2.77 bits per heavy atom. The summed E-state index contributed by atoms with van der Waals surface area (Å²) < 4.78 is 4.59. The number of carboxylic acids is 1. The summed E-state index contributed by atoms with van der Waals surface area (Å²) in [6.45, 7) is 0. The van der Waals surface area contributed by atoms with Crippen LogP contribution in [0.25, 0.3) is 0 Å². The highest BCUT2D eigenvalue weighted by Crippen LogP contribution is 2.03. The zero-order chi connectivity index (χ0) is 9.68. The van der Waals surface area contributed by atoms with Gasteiger partial charge in [-0.1, -0.05) is 6.07 Å². The third kappa shape index (κ3) is 3.33. The van der Waals surface area contributed by atoms with E-state index >= 15 is 0 Å². The Morgan fingerprint density at radius 1 is 1.46 bits per heavy atom. The van der Waals surface area contributed by atoms with E-state index in [1.54, 1.807) is 12.1 Å². The highest BCUT2D eigenvalue weighted by atomic mass is 16.5. The van der Waals surface area contributed by atoms with Crippen LogP contribution in [-0.2, 0) is 9.59 Å². The molecule has 1 N–H and O–H groups in total. The number of hydrogen-bond acceptors (Lipinski definition) is 4. The number of pyridine rings is 1. The third-order valence-electron chi connectivity index (χ3n) is 1.15. The van der Waals surface area contributed by atoms with Crippen LogP contribution in [0.5, 0.6) is 5.88 Å². The van der Waals surface area contributed by atoms with Crippen molar-refractivity contribution in [3.05, 3.63) is 24.4 Å². The molecule has 0 atom stereocenters. The van der Waals surface area contributed by atoms with Gasteiger partial charge >= 0.3 is 11.9 Å². The molecule has 0 bridgehead atoms. The highest BCUT2D eigenvalue weighted by Gasteiger charge is 2.09. The lowest BCUT2D eigenvalue weighted by Crippen LogP contribution is -2.13. The smallest absolute Gasteiger partial charge is 0.323 e. The average Bonchev–Trinajstić information content (AvgIpc) is 2.04. The second-order valence-electron chi connectivity index (χ2n) is 2.21. The van der Waals surface area contributed by atoms with E-state index in [4.69, 9.17) is 5.11 Å². The van der Waals surface area contributed by atoms with E-state index in [1.165, 1.54) is 12.3 Å². The summed E-state index contributed by atoms with van der Waals surface area (Å²) in [5, 5.41) is 8.24. The number of esters is 1. The second-order valence-corrected chi connectivity index (χ2v) is 2.21. The summed E-state index contributed by atoms with van der Waals surface area (Å²) in [6.07, 6.45) is 0.792. The first-order valence-electron chi connectivity index (χ1n) is 3.52.